The average molecular weight is 299 g/mol. The summed E-state index contributed by atoms with van der Waals surface area (Å²) in [5, 5.41) is 3.35. The highest BCUT2D eigenvalue weighted by Gasteiger charge is 2.12. The summed E-state index contributed by atoms with van der Waals surface area (Å²) in [7, 11) is 1.24. The van der Waals surface area contributed by atoms with Crippen LogP contribution in [0, 0.1) is 5.82 Å². The lowest BCUT2D eigenvalue weighted by Crippen LogP contribution is -2.26. The Morgan fingerprint density at radius 1 is 1.50 bits per heavy atom. The van der Waals surface area contributed by atoms with E-state index >= 15 is 0 Å². The fourth-order valence-corrected chi connectivity index (χ4v) is 2.55. The van der Waals surface area contributed by atoms with Crippen LogP contribution in [0.1, 0.15) is 36.2 Å². The molecule has 0 saturated carbocycles. The van der Waals surface area contributed by atoms with Crippen LogP contribution in [-0.2, 0) is 11.3 Å². The van der Waals surface area contributed by atoms with Crippen LogP contribution in [0.4, 0.5) is 4.39 Å². The van der Waals surface area contributed by atoms with Crippen LogP contribution in [0.3, 0.4) is 0 Å². The maximum Gasteiger partial charge on any atom is 0.340 e. The van der Waals surface area contributed by atoms with E-state index in [4.69, 9.17) is 0 Å². The van der Waals surface area contributed by atoms with Gasteiger partial charge >= 0.3 is 5.97 Å². The molecule has 0 bridgehead atoms. The predicted octanol–water partition coefficient (Wildman–Crippen LogP) is 3.23. The summed E-state index contributed by atoms with van der Waals surface area (Å²) >= 11 is 1.92. The quantitative estimate of drug-likeness (QED) is 0.591. The molecule has 0 saturated heterocycles. The van der Waals surface area contributed by atoms with Crippen molar-refractivity contribution in [2.75, 3.05) is 18.6 Å². The van der Waals surface area contributed by atoms with Crippen molar-refractivity contribution in [3.05, 3.63) is 35.1 Å². The number of hydrogen-bond donors (Lipinski definition) is 1. The molecule has 0 amide bonds. The van der Waals surface area contributed by atoms with Crippen LogP contribution < -0.4 is 5.32 Å². The van der Waals surface area contributed by atoms with Gasteiger partial charge in [0.05, 0.1) is 12.7 Å². The summed E-state index contributed by atoms with van der Waals surface area (Å²) in [4.78, 5) is 11.3. The minimum atomic E-state index is -0.646. The molecule has 0 fully saturated rings. The van der Waals surface area contributed by atoms with E-state index in [1.807, 2.05) is 11.8 Å². The molecule has 1 rings (SSSR count). The van der Waals surface area contributed by atoms with Gasteiger partial charge in [-0.05, 0) is 42.5 Å². The molecule has 0 heterocycles. The van der Waals surface area contributed by atoms with E-state index < -0.39 is 11.8 Å². The molecule has 112 valence electrons. The summed E-state index contributed by atoms with van der Waals surface area (Å²) < 4.78 is 18.2. The van der Waals surface area contributed by atoms with E-state index in [2.05, 4.69) is 23.9 Å². The minimum absolute atomic E-state index is 0.0244. The topological polar surface area (TPSA) is 38.3 Å². The molecule has 0 aliphatic carbocycles. The second kappa shape index (κ2) is 8.97. The van der Waals surface area contributed by atoms with Crippen LogP contribution in [0.5, 0.6) is 0 Å². The monoisotopic (exact) mass is 299 g/mol. The van der Waals surface area contributed by atoms with Crippen LogP contribution in [0.25, 0.3) is 0 Å². The van der Waals surface area contributed by atoms with E-state index in [1.165, 1.54) is 19.2 Å². The van der Waals surface area contributed by atoms with E-state index in [9.17, 15) is 9.18 Å². The first-order valence-electron chi connectivity index (χ1n) is 6.76. The highest BCUT2D eigenvalue weighted by Crippen LogP contribution is 2.12. The molecule has 1 N–H and O–H groups in total. The number of methoxy groups -OCH3 is 1. The minimum Gasteiger partial charge on any atom is -0.465 e. The lowest BCUT2D eigenvalue weighted by Gasteiger charge is -2.13. The number of esters is 1. The first-order chi connectivity index (χ1) is 9.58. The molecular weight excluding hydrogens is 277 g/mol. The molecule has 0 aliphatic rings. The summed E-state index contributed by atoms with van der Waals surface area (Å²) in [5.41, 5.74) is 0.800. The number of benzene rings is 1. The molecule has 0 radical (unpaired) electrons. The van der Waals surface area contributed by atoms with Crippen molar-refractivity contribution in [3.63, 3.8) is 0 Å². The summed E-state index contributed by atoms with van der Waals surface area (Å²) in [5.74, 6) is 1.07. The summed E-state index contributed by atoms with van der Waals surface area (Å²) in [6, 6.07) is 4.98. The predicted molar refractivity (Wildman–Crippen MR) is 81.7 cm³/mol. The third-order valence-corrected chi connectivity index (χ3v) is 3.93. The second-order valence-corrected chi connectivity index (χ2v) is 5.97. The van der Waals surface area contributed by atoms with E-state index in [-0.39, 0.29) is 5.56 Å². The van der Waals surface area contributed by atoms with Gasteiger partial charge in [0.15, 0.2) is 0 Å². The van der Waals surface area contributed by atoms with Crippen molar-refractivity contribution in [3.8, 4) is 0 Å². The summed E-state index contributed by atoms with van der Waals surface area (Å²) in [6.45, 7) is 4.86. The highest BCUT2D eigenvalue weighted by molar-refractivity contribution is 7.99. The van der Waals surface area contributed by atoms with Gasteiger partial charge in [0.1, 0.15) is 5.82 Å². The lowest BCUT2D eigenvalue weighted by atomic mass is 10.1. The number of carbonyl (C=O) groups is 1. The van der Waals surface area contributed by atoms with Crippen LogP contribution in [0.15, 0.2) is 18.2 Å². The number of rotatable bonds is 8. The van der Waals surface area contributed by atoms with Crippen molar-refractivity contribution in [2.45, 2.75) is 32.9 Å². The Balaban J connectivity index is 2.49. The van der Waals surface area contributed by atoms with Gasteiger partial charge in [-0.2, -0.15) is 11.8 Å². The van der Waals surface area contributed by atoms with E-state index in [0.717, 1.165) is 23.5 Å². The molecule has 0 spiro atoms. The number of hydrogen-bond acceptors (Lipinski definition) is 4. The molecule has 0 aliphatic heterocycles. The number of ether oxygens (including phenoxy) is 1. The highest BCUT2D eigenvalue weighted by atomic mass is 32.2. The Kier molecular flexibility index (Phi) is 7.62. The molecule has 1 unspecified atom stereocenters. The van der Waals surface area contributed by atoms with Gasteiger partial charge in [-0.1, -0.05) is 13.0 Å². The van der Waals surface area contributed by atoms with Crippen LogP contribution >= 0.6 is 11.8 Å². The number of nitrogens with one attached hydrogen (secondary N) is 1. The number of carbonyl (C=O) groups excluding carboxylic acids is 1. The van der Waals surface area contributed by atoms with Crippen molar-refractivity contribution in [1.29, 1.82) is 0 Å². The van der Waals surface area contributed by atoms with Crippen LogP contribution in [0.2, 0.25) is 0 Å². The number of halogens is 1. The van der Waals surface area contributed by atoms with Gasteiger partial charge in [-0.15, -0.1) is 0 Å². The molecule has 1 aromatic carbocycles. The Morgan fingerprint density at radius 3 is 2.85 bits per heavy atom. The largest absolute Gasteiger partial charge is 0.465 e. The molecule has 5 heteroatoms. The zero-order valence-electron chi connectivity index (χ0n) is 12.2. The fraction of sp³-hybridized carbons (Fsp3) is 0.533. The van der Waals surface area contributed by atoms with Gasteiger partial charge in [0.2, 0.25) is 0 Å². The third-order valence-electron chi connectivity index (χ3n) is 2.99. The number of thioether (sulfide) groups is 1. The Hall–Kier alpha value is -1.07. The fourth-order valence-electron chi connectivity index (χ4n) is 1.74. The molecule has 3 nitrogen and oxygen atoms in total. The maximum atomic E-state index is 13.7. The Labute approximate surface area is 124 Å². The first-order valence-corrected chi connectivity index (χ1v) is 7.91. The lowest BCUT2D eigenvalue weighted by molar-refractivity contribution is 0.0595. The van der Waals surface area contributed by atoms with E-state index in [1.54, 1.807) is 6.07 Å². The zero-order valence-corrected chi connectivity index (χ0v) is 13.1. The van der Waals surface area contributed by atoms with Gasteiger partial charge in [-0.25, -0.2) is 9.18 Å². The molecule has 1 atom stereocenters. The third kappa shape index (κ3) is 5.51. The van der Waals surface area contributed by atoms with Gasteiger partial charge in [-0.3, -0.25) is 0 Å². The molecule has 0 aromatic heterocycles. The standard InChI is InChI=1S/C15H22FNO2S/c1-4-20-8-7-11(2)17-10-12-5-6-13(14(16)9-12)15(18)19-3/h5-6,9,11,17H,4,7-8,10H2,1-3H3. The van der Waals surface area contributed by atoms with Crippen molar-refractivity contribution in [1.82, 2.24) is 5.32 Å². The Bertz CT molecular complexity index is 440. The van der Waals surface area contributed by atoms with Crippen LogP contribution in [-0.4, -0.2) is 30.6 Å². The smallest absolute Gasteiger partial charge is 0.340 e. The van der Waals surface area contributed by atoms with Gasteiger partial charge in [0, 0.05) is 12.6 Å². The van der Waals surface area contributed by atoms with Gasteiger partial charge < -0.3 is 10.1 Å². The van der Waals surface area contributed by atoms with E-state index in [0.29, 0.717) is 12.6 Å². The van der Waals surface area contributed by atoms with Crippen molar-refractivity contribution >= 4 is 17.7 Å². The zero-order chi connectivity index (χ0) is 15.0. The van der Waals surface area contributed by atoms with Crippen molar-refractivity contribution in [2.24, 2.45) is 0 Å². The Morgan fingerprint density at radius 2 is 2.25 bits per heavy atom. The first kappa shape index (κ1) is 17.0. The molecular formula is C15H22FNO2S. The normalized spacial score (nSPS) is 12.2. The summed E-state index contributed by atoms with van der Waals surface area (Å²) in [6.07, 6.45) is 1.08. The van der Waals surface area contributed by atoms with Gasteiger partial charge in [0.25, 0.3) is 0 Å². The SMILES string of the molecule is CCSCCC(C)NCc1ccc(C(=O)OC)c(F)c1. The second-order valence-electron chi connectivity index (χ2n) is 4.57. The average Bonchev–Trinajstić information content (AvgIpc) is 2.44. The molecule has 1 aromatic rings. The molecule has 20 heavy (non-hydrogen) atoms. The van der Waals surface area contributed by atoms with Crippen molar-refractivity contribution < 1.29 is 13.9 Å². The maximum absolute atomic E-state index is 13.7.